The molecule has 1 fully saturated rings. The van der Waals surface area contributed by atoms with Crippen LogP contribution < -0.4 is 0 Å². The lowest BCUT2D eigenvalue weighted by molar-refractivity contribution is 0.0664. The number of fused-ring (bicyclic) bond motifs is 1. The monoisotopic (exact) mass is 359 g/mol. The Labute approximate surface area is 148 Å². The first kappa shape index (κ1) is 16.2. The first-order valence-electron chi connectivity index (χ1n) is 8.20. The zero-order valence-corrected chi connectivity index (χ0v) is 14.3. The molecule has 130 valence electrons. The third kappa shape index (κ3) is 3.16. The van der Waals surface area contributed by atoms with Gasteiger partial charge in [-0.05, 0) is 35.4 Å². The minimum absolute atomic E-state index is 0.152. The van der Waals surface area contributed by atoms with Crippen molar-refractivity contribution in [1.29, 1.82) is 0 Å². The maximum Gasteiger partial charge on any atom is 0.261 e. The normalized spacial score (nSPS) is 19.7. The first-order chi connectivity index (χ1) is 12.2. The van der Waals surface area contributed by atoms with Crippen molar-refractivity contribution in [2.45, 2.75) is 30.6 Å². The van der Waals surface area contributed by atoms with Crippen LogP contribution in [-0.2, 0) is 11.3 Å². The second-order valence-corrected chi connectivity index (χ2v) is 7.00. The predicted molar refractivity (Wildman–Crippen MR) is 89.3 cm³/mol. The molecule has 2 aromatic rings. The average Bonchev–Trinajstić information content (AvgIpc) is 3.34. The summed E-state index contributed by atoms with van der Waals surface area (Å²) in [6, 6.07) is 6.90. The summed E-state index contributed by atoms with van der Waals surface area (Å²) in [5.74, 6) is 0.0671. The number of benzene rings is 1. The van der Waals surface area contributed by atoms with Crippen LogP contribution in [0.15, 0.2) is 29.4 Å². The van der Waals surface area contributed by atoms with Gasteiger partial charge in [0.15, 0.2) is 0 Å². The van der Waals surface area contributed by atoms with Gasteiger partial charge in [-0.1, -0.05) is 23.9 Å². The van der Waals surface area contributed by atoms with E-state index in [2.05, 4.69) is 15.5 Å². The van der Waals surface area contributed by atoms with E-state index in [0.29, 0.717) is 35.1 Å². The number of imide groups is 1. The van der Waals surface area contributed by atoms with E-state index in [1.807, 2.05) is 0 Å². The molecule has 4 rings (SSSR count). The van der Waals surface area contributed by atoms with Crippen molar-refractivity contribution in [3.05, 3.63) is 35.4 Å². The minimum Gasteiger partial charge on any atom is -0.376 e. The Morgan fingerprint density at radius 1 is 1.20 bits per heavy atom. The summed E-state index contributed by atoms with van der Waals surface area (Å²) in [4.78, 5) is 25.9. The van der Waals surface area contributed by atoms with E-state index in [9.17, 15) is 9.59 Å². The fourth-order valence-electron chi connectivity index (χ4n) is 3.07. The maximum absolute atomic E-state index is 12.3. The maximum atomic E-state index is 12.3. The number of thioether (sulfide) groups is 1. The molecule has 0 spiro atoms. The van der Waals surface area contributed by atoms with Crippen molar-refractivity contribution in [2.24, 2.45) is 0 Å². The SMILES string of the molecule is O=C1c2ccccc2C(=O)N1CCSc1nnnn1CC1CCCO1. The number of hydrogen-bond acceptors (Lipinski definition) is 7. The molecule has 8 nitrogen and oxygen atoms in total. The molecule has 0 aliphatic carbocycles. The van der Waals surface area contributed by atoms with Crippen molar-refractivity contribution in [1.82, 2.24) is 25.1 Å². The van der Waals surface area contributed by atoms with Crippen LogP contribution in [0.1, 0.15) is 33.6 Å². The van der Waals surface area contributed by atoms with E-state index >= 15 is 0 Å². The summed E-state index contributed by atoms with van der Waals surface area (Å²) in [6.07, 6.45) is 2.23. The molecule has 1 aromatic heterocycles. The van der Waals surface area contributed by atoms with Gasteiger partial charge in [-0.2, -0.15) is 0 Å². The van der Waals surface area contributed by atoms with Crippen molar-refractivity contribution in [2.75, 3.05) is 18.9 Å². The van der Waals surface area contributed by atoms with E-state index in [0.717, 1.165) is 19.4 Å². The predicted octanol–water partition coefficient (Wildman–Crippen LogP) is 1.24. The van der Waals surface area contributed by atoms with Gasteiger partial charge >= 0.3 is 0 Å². The number of hydrogen-bond donors (Lipinski definition) is 0. The van der Waals surface area contributed by atoms with Gasteiger partial charge < -0.3 is 4.74 Å². The molecule has 0 N–H and O–H groups in total. The molecule has 0 bridgehead atoms. The molecule has 2 aliphatic heterocycles. The zero-order valence-electron chi connectivity index (χ0n) is 13.5. The number of ether oxygens (including phenoxy) is 1. The molecule has 2 amide bonds. The molecule has 0 saturated carbocycles. The Morgan fingerprint density at radius 3 is 2.64 bits per heavy atom. The Balaban J connectivity index is 1.35. The highest BCUT2D eigenvalue weighted by Gasteiger charge is 2.34. The summed E-state index contributed by atoms with van der Waals surface area (Å²) >= 11 is 1.43. The molecule has 9 heteroatoms. The number of nitrogens with zero attached hydrogens (tertiary/aromatic N) is 5. The second-order valence-electron chi connectivity index (χ2n) is 5.93. The number of tetrazole rings is 1. The fraction of sp³-hybridized carbons (Fsp3) is 0.438. The number of aromatic nitrogens is 4. The molecule has 2 aliphatic rings. The van der Waals surface area contributed by atoms with Crippen LogP contribution in [0.2, 0.25) is 0 Å². The van der Waals surface area contributed by atoms with Crippen LogP contribution in [0.4, 0.5) is 0 Å². The summed E-state index contributed by atoms with van der Waals surface area (Å²) in [5, 5.41) is 12.4. The highest BCUT2D eigenvalue weighted by Crippen LogP contribution is 2.24. The first-order valence-corrected chi connectivity index (χ1v) is 9.18. The molecule has 1 aromatic carbocycles. The lowest BCUT2D eigenvalue weighted by Gasteiger charge is -2.13. The largest absolute Gasteiger partial charge is 0.376 e. The molecule has 1 unspecified atom stereocenters. The molecule has 25 heavy (non-hydrogen) atoms. The third-order valence-electron chi connectivity index (χ3n) is 4.32. The summed E-state index contributed by atoms with van der Waals surface area (Å²) in [6.45, 7) is 1.74. The van der Waals surface area contributed by atoms with Crippen LogP contribution in [0.25, 0.3) is 0 Å². The lowest BCUT2D eigenvalue weighted by atomic mass is 10.1. The van der Waals surface area contributed by atoms with Crippen molar-refractivity contribution in [3.8, 4) is 0 Å². The van der Waals surface area contributed by atoms with E-state index < -0.39 is 0 Å². The fourth-order valence-corrected chi connectivity index (χ4v) is 3.88. The minimum atomic E-state index is -0.236. The Kier molecular flexibility index (Phi) is 4.50. The van der Waals surface area contributed by atoms with Crippen molar-refractivity contribution < 1.29 is 14.3 Å². The number of carbonyl (C=O) groups excluding carboxylic acids is 2. The van der Waals surface area contributed by atoms with E-state index in [-0.39, 0.29) is 17.9 Å². The Hall–Kier alpha value is -2.26. The molecular weight excluding hydrogens is 342 g/mol. The topological polar surface area (TPSA) is 90.2 Å². The van der Waals surface area contributed by atoms with Crippen LogP contribution in [0.3, 0.4) is 0 Å². The number of rotatable bonds is 6. The standard InChI is InChI=1S/C16H17N5O3S/c22-14-12-5-1-2-6-13(12)15(23)20(14)7-9-25-16-17-18-19-21(16)10-11-4-3-8-24-11/h1-2,5-6,11H,3-4,7-10H2. The van der Waals surface area contributed by atoms with Gasteiger partial charge in [0, 0.05) is 18.9 Å². The highest BCUT2D eigenvalue weighted by atomic mass is 32.2. The number of carbonyl (C=O) groups is 2. The van der Waals surface area contributed by atoms with Gasteiger partial charge in [0.25, 0.3) is 11.8 Å². The van der Waals surface area contributed by atoms with Gasteiger partial charge in [-0.25, -0.2) is 4.68 Å². The molecule has 3 heterocycles. The van der Waals surface area contributed by atoms with E-state index in [4.69, 9.17) is 4.74 Å². The van der Waals surface area contributed by atoms with Crippen LogP contribution in [0, 0.1) is 0 Å². The summed E-state index contributed by atoms with van der Waals surface area (Å²) in [5.41, 5.74) is 0.946. The number of amides is 2. The molecular formula is C16H17N5O3S. The lowest BCUT2D eigenvalue weighted by Crippen LogP contribution is -2.31. The van der Waals surface area contributed by atoms with Crippen molar-refractivity contribution in [3.63, 3.8) is 0 Å². The third-order valence-corrected chi connectivity index (χ3v) is 5.26. The van der Waals surface area contributed by atoms with Gasteiger partial charge in [0.05, 0.1) is 23.8 Å². The Morgan fingerprint density at radius 2 is 1.96 bits per heavy atom. The van der Waals surface area contributed by atoms with E-state index in [1.54, 1.807) is 28.9 Å². The van der Waals surface area contributed by atoms with Gasteiger partial charge in [-0.15, -0.1) is 5.10 Å². The van der Waals surface area contributed by atoms with Crippen LogP contribution >= 0.6 is 11.8 Å². The summed E-state index contributed by atoms with van der Waals surface area (Å²) < 4.78 is 7.33. The second kappa shape index (κ2) is 6.93. The van der Waals surface area contributed by atoms with Crippen molar-refractivity contribution >= 4 is 23.6 Å². The van der Waals surface area contributed by atoms with Gasteiger partial charge in [-0.3, -0.25) is 14.5 Å². The highest BCUT2D eigenvalue weighted by molar-refractivity contribution is 7.99. The summed E-state index contributed by atoms with van der Waals surface area (Å²) in [7, 11) is 0. The molecule has 1 saturated heterocycles. The van der Waals surface area contributed by atoms with E-state index in [1.165, 1.54) is 16.7 Å². The molecule has 0 radical (unpaired) electrons. The van der Waals surface area contributed by atoms with Gasteiger partial charge in [0.1, 0.15) is 0 Å². The smallest absolute Gasteiger partial charge is 0.261 e. The Bertz CT molecular complexity index is 768. The average molecular weight is 359 g/mol. The van der Waals surface area contributed by atoms with Crippen LogP contribution in [0.5, 0.6) is 0 Å². The molecule has 1 atom stereocenters. The van der Waals surface area contributed by atoms with Gasteiger partial charge in [0.2, 0.25) is 5.16 Å². The van der Waals surface area contributed by atoms with Crippen LogP contribution in [-0.4, -0.2) is 61.9 Å². The zero-order chi connectivity index (χ0) is 17.2. The quantitative estimate of drug-likeness (QED) is 0.566.